The topological polar surface area (TPSA) is 66.9 Å². The van der Waals surface area contributed by atoms with Crippen LogP contribution in [0.25, 0.3) is 0 Å². The quantitative estimate of drug-likeness (QED) is 0.715. The van der Waals surface area contributed by atoms with E-state index in [9.17, 15) is 4.79 Å². The molecule has 5 heteroatoms. The molecule has 0 bridgehead atoms. The third-order valence-electron chi connectivity index (χ3n) is 4.29. The van der Waals surface area contributed by atoms with Gasteiger partial charge in [-0.05, 0) is 42.2 Å². The number of amides is 1. The Bertz CT molecular complexity index is 908. The van der Waals surface area contributed by atoms with Crippen LogP contribution in [0.15, 0.2) is 60.8 Å². The molecule has 0 atom stereocenters. The molecule has 0 saturated heterocycles. The van der Waals surface area contributed by atoms with E-state index in [0.717, 1.165) is 11.1 Å². The lowest BCUT2D eigenvalue weighted by Gasteiger charge is -2.10. The average molecular weight is 346 g/mol. The van der Waals surface area contributed by atoms with Crippen LogP contribution in [-0.4, -0.2) is 15.9 Å². The van der Waals surface area contributed by atoms with E-state index in [0.29, 0.717) is 24.7 Å². The van der Waals surface area contributed by atoms with E-state index >= 15 is 0 Å². The highest BCUT2D eigenvalue weighted by Crippen LogP contribution is 2.10. The van der Waals surface area contributed by atoms with Crippen LogP contribution >= 0.6 is 0 Å². The Morgan fingerprint density at radius 2 is 1.50 bits per heavy atom. The van der Waals surface area contributed by atoms with Crippen molar-refractivity contribution in [1.29, 1.82) is 0 Å². The largest absolute Gasteiger partial charge is 0.350 e. The maximum Gasteiger partial charge on any atom is 0.270 e. The molecule has 3 aromatic rings. The zero-order valence-corrected chi connectivity index (χ0v) is 15.0. The van der Waals surface area contributed by atoms with Gasteiger partial charge in [0.25, 0.3) is 5.91 Å². The molecule has 132 valence electrons. The van der Waals surface area contributed by atoms with Crippen LogP contribution in [0, 0.1) is 13.8 Å². The van der Waals surface area contributed by atoms with E-state index in [-0.39, 0.29) is 5.91 Å². The number of nitrogens with one attached hydrogen (secondary N) is 2. The maximum atomic E-state index is 12.4. The standard InChI is InChI=1S/C21H22N4O/c1-15-7-3-5-9-17(15)13-23-20(26)19-11-12-22-21(25-19)24-14-18-10-6-4-8-16(18)2/h3-12H,13-14H2,1-2H3,(H,23,26)(H,22,24,25). The van der Waals surface area contributed by atoms with Gasteiger partial charge in [0.05, 0.1) is 0 Å². The molecule has 2 aromatic carbocycles. The Kier molecular flexibility index (Phi) is 5.59. The number of nitrogens with zero attached hydrogens (tertiary/aromatic N) is 2. The number of rotatable bonds is 6. The van der Waals surface area contributed by atoms with E-state index < -0.39 is 0 Å². The second kappa shape index (κ2) is 8.25. The number of benzene rings is 2. The molecule has 1 amide bonds. The van der Waals surface area contributed by atoms with Crippen LogP contribution in [0.1, 0.15) is 32.7 Å². The highest BCUT2D eigenvalue weighted by atomic mass is 16.1. The summed E-state index contributed by atoms with van der Waals surface area (Å²) in [6, 6.07) is 17.7. The number of aromatic nitrogens is 2. The number of anilines is 1. The smallest absolute Gasteiger partial charge is 0.270 e. The predicted molar refractivity (Wildman–Crippen MR) is 103 cm³/mol. The minimum absolute atomic E-state index is 0.213. The summed E-state index contributed by atoms with van der Waals surface area (Å²) in [7, 11) is 0. The van der Waals surface area contributed by atoms with Gasteiger partial charge in [0, 0.05) is 19.3 Å². The van der Waals surface area contributed by atoms with Crippen LogP contribution in [0.4, 0.5) is 5.95 Å². The van der Waals surface area contributed by atoms with Gasteiger partial charge in [0.15, 0.2) is 0 Å². The summed E-state index contributed by atoms with van der Waals surface area (Å²) in [5, 5.41) is 6.09. The summed E-state index contributed by atoms with van der Waals surface area (Å²) < 4.78 is 0. The highest BCUT2D eigenvalue weighted by molar-refractivity contribution is 5.92. The Hall–Kier alpha value is -3.21. The molecular weight excluding hydrogens is 324 g/mol. The zero-order valence-electron chi connectivity index (χ0n) is 15.0. The first-order valence-electron chi connectivity index (χ1n) is 8.57. The lowest BCUT2D eigenvalue weighted by molar-refractivity contribution is 0.0946. The van der Waals surface area contributed by atoms with Crippen molar-refractivity contribution >= 4 is 11.9 Å². The van der Waals surface area contributed by atoms with Crippen molar-refractivity contribution in [3.8, 4) is 0 Å². The minimum atomic E-state index is -0.213. The van der Waals surface area contributed by atoms with Crippen LogP contribution < -0.4 is 10.6 Å². The molecular formula is C21H22N4O. The molecule has 0 aliphatic rings. The number of carbonyl (C=O) groups is 1. The molecule has 5 nitrogen and oxygen atoms in total. The third kappa shape index (κ3) is 4.45. The van der Waals surface area contributed by atoms with Crippen molar-refractivity contribution < 1.29 is 4.79 Å². The van der Waals surface area contributed by atoms with Gasteiger partial charge < -0.3 is 10.6 Å². The van der Waals surface area contributed by atoms with Crippen molar-refractivity contribution in [2.24, 2.45) is 0 Å². The summed E-state index contributed by atoms with van der Waals surface area (Å²) in [5.74, 6) is 0.228. The molecule has 0 spiro atoms. The van der Waals surface area contributed by atoms with Crippen molar-refractivity contribution in [2.75, 3.05) is 5.32 Å². The van der Waals surface area contributed by atoms with Crippen LogP contribution in [0.5, 0.6) is 0 Å². The van der Waals surface area contributed by atoms with Gasteiger partial charge in [-0.1, -0.05) is 48.5 Å². The molecule has 26 heavy (non-hydrogen) atoms. The first-order chi connectivity index (χ1) is 12.6. The fourth-order valence-electron chi connectivity index (χ4n) is 2.63. The van der Waals surface area contributed by atoms with Crippen molar-refractivity contribution in [3.05, 3.63) is 88.7 Å². The van der Waals surface area contributed by atoms with Crippen LogP contribution in [-0.2, 0) is 13.1 Å². The molecule has 0 fully saturated rings. The van der Waals surface area contributed by atoms with Gasteiger partial charge in [-0.25, -0.2) is 9.97 Å². The van der Waals surface area contributed by atoms with Crippen LogP contribution in [0.2, 0.25) is 0 Å². The lowest BCUT2D eigenvalue weighted by Crippen LogP contribution is -2.24. The van der Waals surface area contributed by atoms with Gasteiger partial charge in [-0.3, -0.25) is 4.79 Å². The van der Waals surface area contributed by atoms with E-state index in [1.165, 1.54) is 11.1 Å². The molecule has 0 aliphatic heterocycles. The summed E-state index contributed by atoms with van der Waals surface area (Å²) >= 11 is 0. The summed E-state index contributed by atoms with van der Waals surface area (Å²) in [6.07, 6.45) is 1.59. The van der Waals surface area contributed by atoms with Gasteiger partial charge in [-0.2, -0.15) is 0 Å². The Morgan fingerprint density at radius 3 is 2.15 bits per heavy atom. The summed E-state index contributed by atoms with van der Waals surface area (Å²) in [4.78, 5) is 20.9. The third-order valence-corrected chi connectivity index (χ3v) is 4.29. The van der Waals surface area contributed by atoms with Gasteiger partial charge >= 0.3 is 0 Å². The van der Waals surface area contributed by atoms with Gasteiger partial charge in [0.1, 0.15) is 5.69 Å². The minimum Gasteiger partial charge on any atom is -0.350 e. The Labute approximate surface area is 153 Å². The van der Waals surface area contributed by atoms with Crippen molar-refractivity contribution in [3.63, 3.8) is 0 Å². The fourth-order valence-corrected chi connectivity index (χ4v) is 2.63. The summed E-state index contributed by atoms with van der Waals surface area (Å²) in [5.41, 5.74) is 4.96. The zero-order chi connectivity index (χ0) is 18.4. The van der Waals surface area contributed by atoms with E-state index in [1.54, 1.807) is 12.3 Å². The first kappa shape index (κ1) is 17.6. The summed E-state index contributed by atoms with van der Waals surface area (Å²) in [6.45, 7) is 5.18. The fraction of sp³-hybridized carbons (Fsp3) is 0.190. The number of hydrogen-bond acceptors (Lipinski definition) is 4. The Balaban J connectivity index is 1.62. The monoisotopic (exact) mass is 346 g/mol. The molecule has 0 radical (unpaired) electrons. The number of hydrogen-bond donors (Lipinski definition) is 2. The molecule has 0 saturated carbocycles. The Morgan fingerprint density at radius 1 is 0.885 bits per heavy atom. The molecule has 2 N–H and O–H groups in total. The molecule has 3 rings (SSSR count). The lowest BCUT2D eigenvalue weighted by atomic mass is 10.1. The van der Waals surface area contributed by atoms with E-state index in [2.05, 4.69) is 39.7 Å². The number of carbonyl (C=O) groups excluding carboxylic acids is 1. The molecule has 1 heterocycles. The first-order valence-corrected chi connectivity index (χ1v) is 8.57. The van der Waals surface area contributed by atoms with E-state index in [4.69, 9.17) is 0 Å². The van der Waals surface area contributed by atoms with Crippen LogP contribution in [0.3, 0.4) is 0 Å². The van der Waals surface area contributed by atoms with Gasteiger partial charge in [0.2, 0.25) is 5.95 Å². The number of aryl methyl sites for hydroxylation is 2. The predicted octanol–water partition coefficient (Wildman–Crippen LogP) is 3.64. The molecule has 1 aromatic heterocycles. The second-order valence-electron chi connectivity index (χ2n) is 6.15. The average Bonchev–Trinajstić information content (AvgIpc) is 2.67. The van der Waals surface area contributed by atoms with Crippen molar-refractivity contribution in [1.82, 2.24) is 15.3 Å². The maximum absolute atomic E-state index is 12.4. The SMILES string of the molecule is Cc1ccccc1CNC(=O)c1ccnc(NCc2ccccc2C)n1. The second-order valence-corrected chi connectivity index (χ2v) is 6.15. The molecule has 0 unspecified atom stereocenters. The van der Waals surface area contributed by atoms with Gasteiger partial charge in [-0.15, -0.1) is 0 Å². The molecule has 0 aliphatic carbocycles. The highest BCUT2D eigenvalue weighted by Gasteiger charge is 2.09. The van der Waals surface area contributed by atoms with Crippen molar-refractivity contribution in [2.45, 2.75) is 26.9 Å². The van der Waals surface area contributed by atoms with E-state index in [1.807, 2.05) is 43.3 Å². The normalized spacial score (nSPS) is 10.4.